The summed E-state index contributed by atoms with van der Waals surface area (Å²) in [7, 11) is 0. The Kier molecular flexibility index (Phi) is 3.90. The van der Waals surface area contributed by atoms with Gasteiger partial charge >= 0.3 is 5.69 Å². The number of carbonyl (C=O) groups is 1. The summed E-state index contributed by atoms with van der Waals surface area (Å²) in [6.07, 6.45) is 0.987. The number of carbonyl (C=O) groups excluding carboxylic acids is 1. The fourth-order valence-electron chi connectivity index (χ4n) is 1.63. The van der Waals surface area contributed by atoms with Crippen LogP contribution < -0.4 is 21.9 Å². The van der Waals surface area contributed by atoms with Crippen molar-refractivity contribution in [3.05, 3.63) is 32.6 Å². The summed E-state index contributed by atoms with van der Waals surface area (Å²) in [5.41, 5.74) is -1.48. The molecule has 0 bridgehead atoms. The Balaban J connectivity index is 1.95. The fraction of sp³-hybridized carbons (Fsp3) is 0.500. The molecular formula is C10H14N4O4. The first-order valence-electron chi connectivity index (χ1n) is 5.59. The van der Waals surface area contributed by atoms with E-state index < -0.39 is 17.2 Å². The second-order valence-corrected chi connectivity index (χ2v) is 3.89. The van der Waals surface area contributed by atoms with Crippen LogP contribution in [0.15, 0.2) is 15.8 Å². The number of ether oxygens (including phenoxy) is 1. The van der Waals surface area contributed by atoms with Gasteiger partial charge in [0.25, 0.3) is 11.5 Å². The van der Waals surface area contributed by atoms with E-state index in [-0.39, 0.29) is 11.7 Å². The highest BCUT2D eigenvalue weighted by Crippen LogP contribution is 1.94. The summed E-state index contributed by atoms with van der Waals surface area (Å²) in [6.45, 7) is 2.36. The van der Waals surface area contributed by atoms with E-state index in [0.717, 1.165) is 12.7 Å². The van der Waals surface area contributed by atoms with Crippen LogP contribution in [0.5, 0.6) is 0 Å². The third-order valence-electron chi connectivity index (χ3n) is 2.56. The molecule has 1 aromatic rings. The van der Waals surface area contributed by atoms with E-state index in [2.05, 4.69) is 15.6 Å². The lowest BCUT2D eigenvalue weighted by Gasteiger charge is -2.23. The van der Waals surface area contributed by atoms with Crippen molar-refractivity contribution < 1.29 is 9.53 Å². The van der Waals surface area contributed by atoms with Gasteiger partial charge in [0, 0.05) is 25.8 Å². The third kappa shape index (κ3) is 3.05. The van der Waals surface area contributed by atoms with Crippen molar-refractivity contribution in [2.24, 2.45) is 0 Å². The van der Waals surface area contributed by atoms with Gasteiger partial charge in [0.1, 0.15) is 5.56 Å². The van der Waals surface area contributed by atoms with Crippen molar-refractivity contribution in [1.29, 1.82) is 0 Å². The van der Waals surface area contributed by atoms with Gasteiger partial charge in [-0.15, -0.1) is 0 Å². The molecular weight excluding hydrogens is 240 g/mol. The zero-order valence-electron chi connectivity index (χ0n) is 9.62. The van der Waals surface area contributed by atoms with Crippen LogP contribution in [0.4, 0.5) is 0 Å². The molecule has 1 aliphatic heterocycles. The molecule has 0 aromatic carbocycles. The number of hydrogen-bond acceptors (Lipinski definition) is 5. The van der Waals surface area contributed by atoms with E-state index in [9.17, 15) is 14.4 Å². The van der Waals surface area contributed by atoms with Crippen LogP contribution >= 0.6 is 0 Å². The van der Waals surface area contributed by atoms with Crippen LogP contribution in [0.1, 0.15) is 10.4 Å². The lowest BCUT2D eigenvalue weighted by molar-refractivity contribution is 0.0287. The molecule has 0 spiro atoms. The molecule has 0 saturated carbocycles. The Bertz CT molecular complexity index is 529. The van der Waals surface area contributed by atoms with Crippen molar-refractivity contribution in [3.63, 3.8) is 0 Å². The summed E-state index contributed by atoms with van der Waals surface area (Å²) in [5.74, 6) is -0.540. The first-order chi connectivity index (χ1) is 8.66. The molecule has 1 unspecified atom stereocenters. The van der Waals surface area contributed by atoms with Crippen LogP contribution in [-0.4, -0.2) is 48.2 Å². The molecule has 98 valence electrons. The molecule has 1 aliphatic rings. The quantitative estimate of drug-likeness (QED) is 0.487. The van der Waals surface area contributed by atoms with Gasteiger partial charge in [-0.25, -0.2) is 4.79 Å². The van der Waals surface area contributed by atoms with Gasteiger partial charge < -0.3 is 20.4 Å². The Morgan fingerprint density at radius 2 is 2.33 bits per heavy atom. The Morgan fingerprint density at radius 3 is 3.00 bits per heavy atom. The summed E-state index contributed by atoms with van der Waals surface area (Å²) < 4.78 is 5.39. The zero-order chi connectivity index (χ0) is 13.0. The van der Waals surface area contributed by atoms with Gasteiger partial charge in [0.15, 0.2) is 0 Å². The molecule has 0 aliphatic carbocycles. The molecule has 2 rings (SSSR count). The number of aromatic amines is 2. The molecule has 8 heteroatoms. The normalized spacial score (nSPS) is 19.4. The van der Waals surface area contributed by atoms with E-state index in [1.165, 1.54) is 0 Å². The number of morpholine rings is 1. The van der Waals surface area contributed by atoms with E-state index >= 15 is 0 Å². The van der Waals surface area contributed by atoms with E-state index in [4.69, 9.17) is 4.74 Å². The Hall–Kier alpha value is -1.93. The molecule has 1 fully saturated rings. The molecule has 1 saturated heterocycles. The summed E-state index contributed by atoms with van der Waals surface area (Å²) in [4.78, 5) is 38.1. The Morgan fingerprint density at radius 1 is 1.50 bits per heavy atom. The topological polar surface area (TPSA) is 116 Å². The maximum Gasteiger partial charge on any atom is 0.325 e. The van der Waals surface area contributed by atoms with Gasteiger partial charge in [0.2, 0.25) is 0 Å². The maximum atomic E-state index is 11.7. The highest BCUT2D eigenvalue weighted by Gasteiger charge is 2.16. The molecule has 0 radical (unpaired) electrons. The largest absolute Gasteiger partial charge is 0.374 e. The Labute approximate surface area is 102 Å². The maximum absolute atomic E-state index is 11.7. The van der Waals surface area contributed by atoms with Crippen LogP contribution in [0.25, 0.3) is 0 Å². The number of amides is 1. The monoisotopic (exact) mass is 254 g/mol. The number of rotatable bonds is 3. The smallest absolute Gasteiger partial charge is 0.325 e. The summed E-state index contributed by atoms with van der Waals surface area (Å²) in [6, 6.07) is 0. The lowest BCUT2D eigenvalue weighted by atomic mass is 10.2. The summed E-state index contributed by atoms with van der Waals surface area (Å²) in [5, 5.41) is 5.71. The first-order valence-corrected chi connectivity index (χ1v) is 5.59. The third-order valence-corrected chi connectivity index (χ3v) is 2.56. The van der Waals surface area contributed by atoms with E-state index in [1.54, 1.807) is 0 Å². The van der Waals surface area contributed by atoms with Crippen LogP contribution in [-0.2, 0) is 4.74 Å². The molecule has 2 heterocycles. The van der Waals surface area contributed by atoms with Crippen molar-refractivity contribution >= 4 is 5.91 Å². The van der Waals surface area contributed by atoms with Crippen LogP contribution in [0, 0.1) is 0 Å². The average Bonchev–Trinajstić information content (AvgIpc) is 2.37. The average molecular weight is 254 g/mol. The number of hydrogen-bond donors (Lipinski definition) is 4. The summed E-state index contributed by atoms with van der Waals surface area (Å²) >= 11 is 0. The minimum atomic E-state index is -0.709. The van der Waals surface area contributed by atoms with E-state index in [1.807, 2.05) is 4.98 Å². The van der Waals surface area contributed by atoms with Crippen molar-refractivity contribution in [3.8, 4) is 0 Å². The standard InChI is InChI=1S/C10H14N4O4/c15-8(7-5-13-10(17)14-9(7)16)12-4-6-3-11-1-2-18-6/h5-6,11H,1-4H2,(H,12,15)(H2,13,14,16,17). The number of aromatic nitrogens is 2. The molecule has 1 atom stereocenters. The minimum Gasteiger partial charge on any atom is -0.374 e. The molecule has 1 amide bonds. The highest BCUT2D eigenvalue weighted by molar-refractivity contribution is 5.93. The SMILES string of the molecule is O=C(NCC1CNCCO1)c1c[nH]c(=O)[nH]c1=O. The lowest BCUT2D eigenvalue weighted by Crippen LogP contribution is -2.46. The second kappa shape index (κ2) is 5.61. The minimum absolute atomic E-state index is 0.107. The van der Waals surface area contributed by atoms with Crippen molar-refractivity contribution in [2.75, 3.05) is 26.2 Å². The second-order valence-electron chi connectivity index (χ2n) is 3.89. The predicted molar refractivity (Wildman–Crippen MR) is 62.6 cm³/mol. The molecule has 4 N–H and O–H groups in total. The number of nitrogens with one attached hydrogen (secondary N) is 4. The predicted octanol–water partition coefficient (Wildman–Crippen LogP) is -2.22. The van der Waals surface area contributed by atoms with E-state index in [0.29, 0.717) is 19.7 Å². The van der Waals surface area contributed by atoms with Crippen LogP contribution in [0.3, 0.4) is 0 Å². The fourth-order valence-corrected chi connectivity index (χ4v) is 1.63. The van der Waals surface area contributed by atoms with Gasteiger partial charge in [-0.1, -0.05) is 0 Å². The number of H-pyrrole nitrogens is 2. The van der Waals surface area contributed by atoms with Gasteiger partial charge in [-0.2, -0.15) is 0 Å². The molecule has 8 nitrogen and oxygen atoms in total. The first kappa shape index (κ1) is 12.5. The van der Waals surface area contributed by atoms with Gasteiger partial charge in [0.05, 0.1) is 12.7 Å². The molecule has 1 aromatic heterocycles. The van der Waals surface area contributed by atoms with Gasteiger partial charge in [-0.3, -0.25) is 14.6 Å². The van der Waals surface area contributed by atoms with Crippen molar-refractivity contribution in [2.45, 2.75) is 6.10 Å². The van der Waals surface area contributed by atoms with Crippen LogP contribution in [0.2, 0.25) is 0 Å². The zero-order valence-corrected chi connectivity index (χ0v) is 9.62. The highest BCUT2D eigenvalue weighted by atomic mass is 16.5. The van der Waals surface area contributed by atoms with Crippen molar-refractivity contribution in [1.82, 2.24) is 20.6 Å². The molecule has 18 heavy (non-hydrogen) atoms. The van der Waals surface area contributed by atoms with Gasteiger partial charge in [-0.05, 0) is 0 Å².